The van der Waals surface area contributed by atoms with Crippen LogP contribution in [0, 0.1) is 0 Å². The van der Waals surface area contributed by atoms with Gasteiger partial charge < -0.3 is 19.5 Å². The molecule has 1 aromatic carbocycles. The second kappa shape index (κ2) is 8.99. The zero-order chi connectivity index (χ0) is 16.7. The summed E-state index contributed by atoms with van der Waals surface area (Å²) in [6.45, 7) is 6.49. The minimum Gasteiger partial charge on any atom is -0.493 e. The van der Waals surface area contributed by atoms with E-state index < -0.39 is 0 Å². The lowest BCUT2D eigenvalue weighted by molar-refractivity contribution is 0.162. The van der Waals surface area contributed by atoms with Crippen molar-refractivity contribution in [1.82, 2.24) is 10.2 Å². The lowest BCUT2D eigenvalue weighted by Crippen LogP contribution is -2.45. The van der Waals surface area contributed by atoms with Crippen LogP contribution in [0.2, 0.25) is 0 Å². The van der Waals surface area contributed by atoms with Crippen molar-refractivity contribution >= 4 is 0 Å². The Bertz CT molecular complexity index is 462. The van der Waals surface area contributed by atoms with Crippen LogP contribution in [-0.4, -0.2) is 52.4 Å². The van der Waals surface area contributed by atoms with Gasteiger partial charge in [-0.25, -0.2) is 0 Å². The highest BCUT2D eigenvalue weighted by Gasteiger charge is 2.24. The van der Waals surface area contributed by atoms with Crippen LogP contribution in [0.4, 0.5) is 0 Å². The van der Waals surface area contributed by atoms with E-state index in [2.05, 4.69) is 29.3 Å². The van der Waals surface area contributed by atoms with Gasteiger partial charge in [0.15, 0.2) is 11.5 Å². The molecule has 0 aliphatic carbocycles. The largest absolute Gasteiger partial charge is 0.493 e. The second-order valence-electron chi connectivity index (χ2n) is 5.90. The highest BCUT2D eigenvalue weighted by molar-refractivity contribution is 5.54. The van der Waals surface area contributed by atoms with Gasteiger partial charge in [0.25, 0.3) is 0 Å². The van der Waals surface area contributed by atoms with E-state index in [1.165, 1.54) is 18.4 Å². The Kier molecular flexibility index (Phi) is 6.99. The average Bonchev–Trinajstić information content (AvgIpc) is 2.61. The molecule has 0 spiro atoms. The summed E-state index contributed by atoms with van der Waals surface area (Å²) in [5, 5.41) is 3.43. The monoisotopic (exact) mass is 322 g/mol. The number of rotatable bonds is 8. The van der Waals surface area contributed by atoms with Crippen molar-refractivity contribution in [3.8, 4) is 17.2 Å². The molecule has 1 atom stereocenters. The third-order valence-electron chi connectivity index (χ3n) is 4.50. The normalized spacial score (nSPS) is 16.9. The Balaban J connectivity index is 2.36. The summed E-state index contributed by atoms with van der Waals surface area (Å²) in [7, 11) is 4.99. The molecule has 1 aliphatic rings. The van der Waals surface area contributed by atoms with Gasteiger partial charge in [-0.2, -0.15) is 0 Å². The van der Waals surface area contributed by atoms with Gasteiger partial charge in [-0.1, -0.05) is 19.8 Å². The molecule has 5 nitrogen and oxygen atoms in total. The quantitative estimate of drug-likeness (QED) is 0.797. The van der Waals surface area contributed by atoms with Crippen molar-refractivity contribution in [3.63, 3.8) is 0 Å². The topological polar surface area (TPSA) is 43.0 Å². The van der Waals surface area contributed by atoms with Crippen molar-refractivity contribution in [2.24, 2.45) is 0 Å². The average molecular weight is 322 g/mol. The SMILES string of the molecule is CCCC[C@H](c1cc(OC)c(OC)c(OC)c1)N1CCNCC1. The van der Waals surface area contributed by atoms with Crippen LogP contribution >= 0.6 is 0 Å². The Morgan fingerprint density at radius 1 is 1.04 bits per heavy atom. The summed E-state index contributed by atoms with van der Waals surface area (Å²) < 4.78 is 16.5. The number of hydrogen-bond acceptors (Lipinski definition) is 5. The minimum atomic E-state index is 0.394. The zero-order valence-corrected chi connectivity index (χ0v) is 14.9. The predicted octanol–water partition coefficient (Wildman–Crippen LogP) is 2.85. The van der Waals surface area contributed by atoms with E-state index in [9.17, 15) is 0 Å². The molecule has 1 fully saturated rings. The fraction of sp³-hybridized carbons (Fsp3) is 0.667. The molecule has 1 N–H and O–H groups in total. The lowest BCUT2D eigenvalue weighted by atomic mass is 9.97. The summed E-state index contributed by atoms with van der Waals surface area (Å²) in [5.74, 6) is 2.13. The molecule has 1 saturated heterocycles. The summed E-state index contributed by atoms with van der Waals surface area (Å²) >= 11 is 0. The van der Waals surface area contributed by atoms with Gasteiger partial charge in [-0.05, 0) is 24.1 Å². The van der Waals surface area contributed by atoms with Gasteiger partial charge in [0, 0.05) is 32.2 Å². The minimum absolute atomic E-state index is 0.394. The molecule has 0 amide bonds. The van der Waals surface area contributed by atoms with Gasteiger partial charge in [0.05, 0.1) is 21.3 Å². The molecule has 130 valence electrons. The number of methoxy groups -OCH3 is 3. The van der Waals surface area contributed by atoms with E-state index in [1.54, 1.807) is 21.3 Å². The Labute approximate surface area is 139 Å². The summed E-state index contributed by atoms with van der Waals surface area (Å²) in [6, 6.07) is 4.60. The maximum atomic E-state index is 5.53. The highest BCUT2D eigenvalue weighted by atomic mass is 16.5. The standard InChI is InChI=1S/C18H30N2O3/c1-5-6-7-15(20-10-8-19-9-11-20)14-12-16(21-2)18(23-4)17(13-14)22-3/h12-13,15,19H,5-11H2,1-4H3/t15-/m1/s1. The molecule has 0 radical (unpaired) electrons. The summed E-state index contributed by atoms with van der Waals surface area (Å²) in [6.07, 6.45) is 3.56. The first-order valence-electron chi connectivity index (χ1n) is 8.49. The van der Waals surface area contributed by atoms with Gasteiger partial charge >= 0.3 is 0 Å². The smallest absolute Gasteiger partial charge is 0.203 e. The van der Waals surface area contributed by atoms with Crippen LogP contribution < -0.4 is 19.5 Å². The van der Waals surface area contributed by atoms with E-state index in [0.717, 1.165) is 44.1 Å². The number of hydrogen-bond donors (Lipinski definition) is 1. The highest BCUT2D eigenvalue weighted by Crippen LogP contribution is 2.41. The molecule has 1 aliphatic heterocycles. The van der Waals surface area contributed by atoms with Crippen molar-refractivity contribution in [1.29, 1.82) is 0 Å². The molecule has 23 heavy (non-hydrogen) atoms. The van der Waals surface area contributed by atoms with Crippen molar-refractivity contribution in [3.05, 3.63) is 17.7 Å². The number of unbranched alkanes of at least 4 members (excludes halogenated alkanes) is 1. The van der Waals surface area contributed by atoms with E-state index in [0.29, 0.717) is 11.8 Å². The van der Waals surface area contributed by atoms with Gasteiger partial charge in [0.2, 0.25) is 5.75 Å². The number of nitrogens with one attached hydrogen (secondary N) is 1. The molecule has 0 bridgehead atoms. The molecular formula is C18H30N2O3. The summed E-state index contributed by atoms with van der Waals surface area (Å²) in [5.41, 5.74) is 1.25. The van der Waals surface area contributed by atoms with Crippen LogP contribution in [-0.2, 0) is 0 Å². The van der Waals surface area contributed by atoms with Crippen LogP contribution in [0.15, 0.2) is 12.1 Å². The predicted molar refractivity (Wildman–Crippen MR) is 92.8 cm³/mol. The van der Waals surface area contributed by atoms with E-state index >= 15 is 0 Å². The Morgan fingerprint density at radius 3 is 2.13 bits per heavy atom. The molecule has 0 saturated carbocycles. The fourth-order valence-electron chi connectivity index (χ4n) is 3.25. The van der Waals surface area contributed by atoms with Crippen LogP contribution in [0.5, 0.6) is 17.2 Å². The maximum absolute atomic E-state index is 5.53. The summed E-state index contributed by atoms with van der Waals surface area (Å²) in [4.78, 5) is 2.56. The zero-order valence-electron chi connectivity index (χ0n) is 14.9. The van der Waals surface area contributed by atoms with E-state index in [1.807, 2.05) is 0 Å². The van der Waals surface area contributed by atoms with Crippen molar-refractivity contribution in [2.75, 3.05) is 47.5 Å². The first kappa shape index (κ1) is 17.9. The lowest BCUT2D eigenvalue weighted by Gasteiger charge is -2.35. The van der Waals surface area contributed by atoms with E-state index in [4.69, 9.17) is 14.2 Å². The van der Waals surface area contributed by atoms with Crippen LogP contribution in [0.1, 0.15) is 37.8 Å². The van der Waals surface area contributed by atoms with E-state index in [-0.39, 0.29) is 0 Å². The fourth-order valence-corrected chi connectivity index (χ4v) is 3.25. The third kappa shape index (κ3) is 4.30. The van der Waals surface area contributed by atoms with Gasteiger partial charge in [-0.3, -0.25) is 4.90 Å². The molecule has 1 aromatic rings. The molecule has 0 unspecified atom stereocenters. The molecule has 0 aromatic heterocycles. The second-order valence-corrected chi connectivity index (χ2v) is 5.90. The molecule has 5 heteroatoms. The number of nitrogens with zero attached hydrogens (tertiary/aromatic N) is 1. The van der Waals surface area contributed by atoms with Crippen LogP contribution in [0.3, 0.4) is 0 Å². The van der Waals surface area contributed by atoms with Gasteiger partial charge in [-0.15, -0.1) is 0 Å². The van der Waals surface area contributed by atoms with Crippen molar-refractivity contribution < 1.29 is 14.2 Å². The molecule has 2 rings (SSSR count). The number of benzene rings is 1. The first-order valence-corrected chi connectivity index (χ1v) is 8.49. The Hall–Kier alpha value is -1.46. The molecular weight excluding hydrogens is 292 g/mol. The Morgan fingerprint density at radius 2 is 1.65 bits per heavy atom. The first-order chi connectivity index (χ1) is 11.2. The number of ether oxygens (including phenoxy) is 3. The van der Waals surface area contributed by atoms with Gasteiger partial charge in [0.1, 0.15) is 0 Å². The maximum Gasteiger partial charge on any atom is 0.203 e. The third-order valence-corrected chi connectivity index (χ3v) is 4.50. The molecule has 1 heterocycles. The van der Waals surface area contributed by atoms with Crippen molar-refractivity contribution in [2.45, 2.75) is 32.2 Å². The van der Waals surface area contributed by atoms with Crippen LogP contribution in [0.25, 0.3) is 0 Å². The number of piperazine rings is 1.